The number of hydrogen-bond acceptors (Lipinski definition) is 2. The van der Waals surface area contributed by atoms with Crippen LogP contribution < -0.4 is 51.4 Å². The fourth-order valence-electron chi connectivity index (χ4n) is 1.66. The fraction of sp³-hybridized carbons (Fsp3) is 0.900. The molecule has 0 unspecified atom stereocenters. The van der Waals surface area contributed by atoms with E-state index in [-0.39, 0.29) is 51.4 Å². The largest absolute Gasteiger partial charge is 1.00 e. The molecule has 0 bridgehead atoms. The third kappa shape index (κ3) is 6.71. The average Bonchev–Trinajstić information content (AvgIpc) is 2.30. The van der Waals surface area contributed by atoms with E-state index in [1.165, 1.54) is 0 Å². The van der Waals surface area contributed by atoms with Gasteiger partial charge in [-0.15, -0.1) is 0 Å². The number of rotatable bonds is 7. The summed E-state index contributed by atoms with van der Waals surface area (Å²) >= 11 is 16.5. The van der Waals surface area contributed by atoms with Crippen LogP contribution in [0.2, 0.25) is 0 Å². The molecule has 10 heteroatoms. The zero-order chi connectivity index (χ0) is 15.3. The number of hydrogen-bond donors (Lipinski definition) is 0. The number of carbonyl (C=O) groups is 1. The summed E-state index contributed by atoms with van der Waals surface area (Å²) in [5.41, 5.74) is 0. The van der Waals surface area contributed by atoms with Gasteiger partial charge in [0.05, 0.1) is 0 Å². The van der Waals surface area contributed by atoms with E-state index in [9.17, 15) is 9.36 Å². The molecule has 0 atom stereocenters. The van der Waals surface area contributed by atoms with Crippen molar-refractivity contribution >= 4 is 48.3 Å². The van der Waals surface area contributed by atoms with Gasteiger partial charge in [0, 0.05) is 26.2 Å². The van der Waals surface area contributed by atoms with Gasteiger partial charge in [-0.05, 0) is 0 Å². The minimum atomic E-state index is -3.40. The van der Waals surface area contributed by atoms with E-state index in [1.807, 2.05) is 27.7 Å². The van der Waals surface area contributed by atoms with Crippen molar-refractivity contribution in [3.63, 3.8) is 0 Å². The van der Waals surface area contributed by atoms with Gasteiger partial charge in [-0.3, -0.25) is 9.34 Å². The fourth-order valence-corrected chi connectivity index (χ4v) is 4.44. The van der Waals surface area contributed by atoms with Crippen LogP contribution in [0.25, 0.3) is 5.09 Å². The first-order chi connectivity index (χ1) is 8.67. The van der Waals surface area contributed by atoms with E-state index in [4.69, 9.17) is 34.8 Å². The minimum Gasteiger partial charge on any atom is -0.569 e. The molecule has 5 nitrogen and oxygen atoms in total. The Morgan fingerprint density at radius 2 is 1.30 bits per heavy atom. The van der Waals surface area contributed by atoms with Gasteiger partial charge in [-0.2, -0.15) is 0 Å². The van der Waals surface area contributed by atoms with Crippen molar-refractivity contribution in [3.8, 4) is 0 Å². The zero-order valence-corrected chi connectivity index (χ0v) is 18.9. The molecule has 0 aliphatic rings. The van der Waals surface area contributed by atoms with Crippen LogP contribution in [0, 0.1) is 0 Å². The Hall–Kier alpha value is 2.13. The standard InChI is InChI=1S/C10H21Cl3N3O2P.K/c1-5-15(6-2)19(18,16(7-3)8-4)14-9(17)10(11,12)13;/h5-8H2,1-4H3,(H,14,17,18);/q;+1/p-1. The molecule has 0 radical (unpaired) electrons. The van der Waals surface area contributed by atoms with Crippen LogP contribution in [0.15, 0.2) is 0 Å². The molecule has 1 amide bonds. The molecule has 0 saturated heterocycles. The van der Waals surface area contributed by atoms with Crippen molar-refractivity contribution in [2.24, 2.45) is 0 Å². The smallest absolute Gasteiger partial charge is 0.569 e. The van der Waals surface area contributed by atoms with Crippen LogP contribution in [0.1, 0.15) is 27.7 Å². The minimum absolute atomic E-state index is 0. The number of alkyl halides is 3. The van der Waals surface area contributed by atoms with E-state index in [0.717, 1.165) is 0 Å². The van der Waals surface area contributed by atoms with Gasteiger partial charge >= 0.3 is 51.4 Å². The van der Waals surface area contributed by atoms with Gasteiger partial charge in [0.15, 0.2) is 7.59 Å². The molecule has 20 heavy (non-hydrogen) atoms. The summed E-state index contributed by atoms with van der Waals surface area (Å²) in [6, 6.07) is 0. The van der Waals surface area contributed by atoms with Crippen molar-refractivity contribution in [2.75, 3.05) is 26.2 Å². The molecule has 0 spiro atoms. The summed E-state index contributed by atoms with van der Waals surface area (Å²) < 4.78 is 14.1. The van der Waals surface area contributed by atoms with Crippen molar-refractivity contribution in [1.82, 2.24) is 9.34 Å². The number of carbonyl (C=O) groups excluding carboxylic acids is 1. The number of amides is 1. The Kier molecular flexibility index (Phi) is 13.2. The Morgan fingerprint density at radius 3 is 1.50 bits per heavy atom. The topological polar surface area (TPSA) is 54.7 Å². The van der Waals surface area contributed by atoms with E-state index >= 15 is 0 Å². The number of halogens is 3. The summed E-state index contributed by atoms with van der Waals surface area (Å²) in [6.07, 6.45) is 0. The third-order valence-electron chi connectivity index (χ3n) is 2.66. The van der Waals surface area contributed by atoms with E-state index in [0.29, 0.717) is 26.2 Å². The Bertz CT molecular complexity index is 331. The summed E-state index contributed by atoms with van der Waals surface area (Å²) in [6.45, 7) is 9.32. The monoisotopic (exact) mass is 389 g/mol. The molecule has 0 N–H and O–H groups in total. The van der Waals surface area contributed by atoms with Gasteiger partial charge in [0.25, 0.3) is 0 Å². The van der Waals surface area contributed by atoms with Gasteiger partial charge in [0.2, 0.25) is 3.79 Å². The summed E-state index contributed by atoms with van der Waals surface area (Å²) in [5.74, 6) is -1.00. The SMILES string of the molecule is CCN(CC)P(=O)([N-]C(=O)C(Cl)(Cl)Cl)N(CC)CC.[K+]. The molecule has 0 heterocycles. The van der Waals surface area contributed by atoms with Crippen LogP contribution >= 0.6 is 42.4 Å². The molecule has 114 valence electrons. The van der Waals surface area contributed by atoms with E-state index in [2.05, 4.69) is 5.09 Å². The molecule has 0 aromatic carbocycles. The number of nitrogens with zero attached hydrogens (tertiary/aromatic N) is 3. The predicted octanol–water partition coefficient (Wildman–Crippen LogP) is 1.05. The van der Waals surface area contributed by atoms with Crippen LogP contribution in [-0.4, -0.2) is 45.2 Å². The second-order valence-corrected chi connectivity index (χ2v) is 8.33. The first-order valence-corrected chi connectivity index (χ1v) is 8.82. The first-order valence-electron chi connectivity index (χ1n) is 6.12. The van der Waals surface area contributed by atoms with Crippen molar-refractivity contribution < 1.29 is 60.7 Å². The maximum atomic E-state index is 13.1. The summed E-state index contributed by atoms with van der Waals surface area (Å²) in [7, 11) is -3.40. The zero-order valence-electron chi connectivity index (χ0n) is 12.6. The quantitative estimate of drug-likeness (QED) is 0.370. The third-order valence-corrected chi connectivity index (χ3v) is 6.19. The van der Waals surface area contributed by atoms with Crippen molar-refractivity contribution in [1.29, 1.82) is 0 Å². The summed E-state index contributed by atoms with van der Waals surface area (Å²) in [5, 5.41) is 3.74. The van der Waals surface area contributed by atoms with Gasteiger partial charge < -0.3 is 14.4 Å². The second-order valence-electron chi connectivity index (χ2n) is 3.69. The molecule has 0 fully saturated rings. The Morgan fingerprint density at radius 1 is 1.00 bits per heavy atom. The van der Waals surface area contributed by atoms with Crippen LogP contribution in [0.3, 0.4) is 0 Å². The average molecular weight is 391 g/mol. The first kappa shape index (κ1) is 24.4. The maximum Gasteiger partial charge on any atom is 1.00 e. The maximum absolute atomic E-state index is 13.1. The molecule has 0 saturated carbocycles. The van der Waals surface area contributed by atoms with Gasteiger partial charge in [0.1, 0.15) is 5.91 Å². The molecule has 0 rings (SSSR count). The van der Waals surface area contributed by atoms with Crippen LogP contribution in [0.5, 0.6) is 0 Å². The van der Waals surface area contributed by atoms with E-state index < -0.39 is 17.3 Å². The normalized spacial score (nSPS) is 12.4. The molecule has 0 aliphatic heterocycles. The van der Waals surface area contributed by atoms with Gasteiger partial charge in [-0.1, -0.05) is 62.5 Å². The summed E-state index contributed by atoms with van der Waals surface area (Å²) in [4.78, 5) is 11.8. The van der Waals surface area contributed by atoms with Crippen LogP contribution in [-0.2, 0) is 9.36 Å². The van der Waals surface area contributed by atoms with Crippen molar-refractivity contribution in [2.45, 2.75) is 31.5 Å². The Balaban J connectivity index is 0. The van der Waals surface area contributed by atoms with Gasteiger partial charge in [-0.25, -0.2) is 0 Å². The molecular weight excluding hydrogens is 371 g/mol. The van der Waals surface area contributed by atoms with Crippen LogP contribution in [0.4, 0.5) is 0 Å². The molecule has 0 aliphatic carbocycles. The second kappa shape index (κ2) is 10.8. The molecule has 0 aromatic heterocycles. The molecule has 0 aromatic rings. The molecular formula is C10H20Cl3KN3O2P. The predicted molar refractivity (Wildman–Crippen MR) is 82.1 cm³/mol. The van der Waals surface area contributed by atoms with Crippen molar-refractivity contribution in [3.05, 3.63) is 5.09 Å². The Labute approximate surface area is 179 Å². The van der Waals surface area contributed by atoms with E-state index in [1.54, 1.807) is 9.34 Å².